The Morgan fingerprint density at radius 3 is 1.14 bits per heavy atom. The number of hydrogen-bond donors (Lipinski definition) is 1. The van der Waals surface area contributed by atoms with Crippen LogP contribution in [0.2, 0.25) is 0 Å². The maximum Gasteiger partial charge on any atom is 0.216 e. The number of nitrogens with one attached hydrogen (secondary N) is 1. The van der Waals surface area contributed by atoms with E-state index in [1.807, 2.05) is 34.6 Å². The van der Waals surface area contributed by atoms with Crippen molar-refractivity contribution in [3.05, 3.63) is 0 Å². The van der Waals surface area contributed by atoms with E-state index < -0.39 is 0 Å². The number of carbonyl (C=O) groups excluding carboxylic acids is 2. The topological polar surface area (TPSA) is 46.2 Å². The van der Waals surface area contributed by atoms with Gasteiger partial charge in [-0.05, 0) is 6.92 Å². The summed E-state index contributed by atoms with van der Waals surface area (Å²) < 4.78 is 0. The summed E-state index contributed by atoms with van der Waals surface area (Å²) in [5.41, 5.74) is 0. The summed E-state index contributed by atoms with van der Waals surface area (Å²) in [5.74, 6) is 0.259. The summed E-state index contributed by atoms with van der Waals surface area (Å²) in [6.45, 7) is 12.9. The van der Waals surface area contributed by atoms with Crippen molar-refractivity contribution in [3.63, 3.8) is 0 Å². The lowest BCUT2D eigenvalue weighted by atomic mass is 10.4. The van der Waals surface area contributed by atoms with Crippen molar-refractivity contribution in [2.75, 3.05) is 7.05 Å². The number of Topliss-reactive ketones (excluding diaryl/α,β-unsaturated/α-hetero) is 1. The summed E-state index contributed by atoms with van der Waals surface area (Å²) in [5, 5.41) is 2.39. The highest BCUT2D eigenvalue weighted by Gasteiger charge is 1.76. The molecule has 1 N–H and O–H groups in total. The van der Waals surface area contributed by atoms with E-state index in [0.29, 0.717) is 6.42 Å². The average Bonchev–Trinajstić information content (AvgIpc) is 2.24. The van der Waals surface area contributed by atoms with Gasteiger partial charge in [-0.25, -0.2) is 0 Å². The Bertz CT molecular complexity index is 97.9. The van der Waals surface area contributed by atoms with Gasteiger partial charge in [-0.15, -0.1) is 0 Å². The van der Waals surface area contributed by atoms with Crippen LogP contribution >= 0.6 is 0 Å². The van der Waals surface area contributed by atoms with Gasteiger partial charge in [0.2, 0.25) is 5.91 Å². The van der Waals surface area contributed by atoms with Crippen molar-refractivity contribution < 1.29 is 9.59 Å². The molecule has 14 heavy (non-hydrogen) atoms. The first-order valence-corrected chi connectivity index (χ1v) is 5.22. The zero-order valence-electron chi connectivity index (χ0n) is 11.0. The van der Waals surface area contributed by atoms with Crippen LogP contribution in [0.25, 0.3) is 0 Å². The van der Waals surface area contributed by atoms with E-state index in [4.69, 9.17) is 0 Å². The van der Waals surface area contributed by atoms with E-state index in [0.717, 1.165) is 0 Å². The lowest BCUT2D eigenvalue weighted by Gasteiger charge is -1.80. The van der Waals surface area contributed by atoms with Crippen LogP contribution in [-0.4, -0.2) is 18.7 Å². The Hall–Kier alpha value is -0.860. The van der Waals surface area contributed by atoms with Crippen molar-refractivity contribution in [2.24, 2.45) is 0 Å². The second kappa shape index (κ2) is 29.6. The van der Waals surface area contributed by atoms with E-state index in [-0.39, 0.29) is 11.7 Å². The lowest BCUT2D eigenvalue weighted by Crippen LogP contribution is -2.11. The first-order chi connectivity index (χ1) is 6.54. The highest BCUT2D eigenvalue weighted by molar-refractivity contribution is 5.74. The molecular formula is C11H27NO2. The van der Waals surface area contributed by atoms with Gasteiger partial charge in [0.1, 0.15) is 5.78 Å². The third-order valence-corrected chi connectivity index (χ3v) is 0.850. The molecule has 0 aromatic heterocycles. The van der Waals surface area contributed by atoms with Crippen molar-refractivity contribution in [2.45, 2.75) is 54.9 Å². The van der Waals surface area contributed by atoms with Gasteiger partial charge in [-0.3, -0.25) is 4.79 Å². The first-order valence-electron chi connectivity index (χ1n) is 5.22. The number of hydrogen-bond acceptors (Lipinski definition) is 2. The SMILES string of the molecule is CC.CC.CCC(C)=O.CNC(C)=O. The fourth-order valence-electron chi connectivity index (χ4n) is 0. The molecule has 3 heteroatoms. The van der Waals surface area contributed by atoms with Crippen LogP contribution in [0.3, 0.4) is 0 Å². The van der Waals surface area contributed by atoms with Gasteiger partial charge in [0.15, 0.2) is 0 Å². The smallest absolute Gasteiger partial charge is 0.216 e. The number of ketones is 1. The number of amides is 1. The van der Waals surface area contributed by atoms with E-state index in [1.54, 1.807) is 14.0 Å². The molecule has 0 saturated heterocycles. The molecule has 0 saturated carbocycles. The third-order valence-electron chi connectivity index (χ3n) is 0.850. The van der Waals surface area contributed by atoms with Crippen molar-refractivity contribution in [3.8, 4) is 0 Å². The Balaban J connectivity index is -0.0000000528. The summed E-state index contributed by atoms with van der Waals surface area (Å²) in [7, 11) is 1.60. The molecule has 88 valence electrons. The van der Waals surface area contributed by atoms with Gasteiger partial charge >= 0.3 is 0 Å². The third kappa shape index (κ3) is 116. The second-order valence-electron chi connectivity index (χ2n) is 1.86. The van der Waals surface area contributed by atoms with Crippen molar-refractivity contribution >= 4 is 11.7 Å². The van der Waals surface area contributed by atoms with E-state index in [2.05, 4.69) is 5.32 Å². The van der Waals surface area contributed by atoms with E-state index in [9.17, 15) is 9.59 Å². The maximum absolute atomic E-state index is 9.81. The predicted molar refractivity (Wildman–Crippen MR) is 63.4 cm³/mol. The largest absolute Gasteiger partial charge is 0.359 e. The maximum atomic E-state index is 9.81. The Morgan fingerprint density at radius 1 is 1.00 bits per heavy atom. The molecule has 0 aliphatic carbocycles. The van der Waals surface area contributed by atoms with Crippen LogP contribution < -0.4 is 5.32 Å². The molecule has 0 rings (SSSR count). The molecule has 0 aromatic carbocycles. The van der Waals surface area contributed by atoms with Crippen LogP contribution in [0.5, 0.6) is 0 Å². The molecule has 0 aliphatic rings. The first kappa shape index (κ1) is 23.2. The number of carbonyl (C=O) groups is 2. The minimum absolute atomic E-state index is 0.00463. The molecule has 1 amide bonds. The summed E-state index contributed by atoms with van der Waals surface area (Å²) in [6.07, 6.45) is 0.667. The minimum atomic E-state index is 0.00463. The van der Waals surface area contributed by atoms with Crippen LogP contribution in [0, 0.1) is 0 Å². The van der Waals surface area contributed by atoms with Gasteiger partial charge in [0.05, 0.1) is 0 Å². The molecule has 0 spiro atoms. The molecule has 0 unspecified atom stereocenters. The zero-order chi connectivity index (χ0) is 12.6. The predicted octanol–water partition coefficient (Wildman–Crippen LogP) is 2.79. The minimum Gasteiger partial charge on any atom is -0.359 e. The van der Waals surface area contributed by atoms with Crippen molar-refractivity contribution in [1.29, 1.82) is 0 Å². The van der Waals surface area contributed by atoms with Gasteiger partial charge in [0, 0.05) is 20.4 Å². The standard InChI is InChI=1S/C4H8O.C3H7NO.2C2H6/c1-3-4(2)5;1-3(5)4-2;2*1-2/h3H2,1-2H3;1-2H3,(H,4,5);2*1-2H3. The zero-order valence-corrected chi connectivity index (χ0v) is 11.0. The molecule has 0 atom stereocenters. The van der Waals surface area contributed by atoms with Gasteiger partial charge in [-0.1, -0.05) is 34.6 Å². The van der Waals surface area contributed by atoms with Crippen LogP contribution in [0.1, 0.15) is 54.9 Å². The fraction of sp³-hybridized carbons (Fsp3) is 0.818. The summed E-state index contributed by atoms with van der Waals surface area (Å²) >= 11 is 0. The fourth-order valence-corrected chi connectivity index (χ4v) is 0. The normalized spacial score (nSPS) is 6.00. The molecule has 0 bridgehead atoms. The highest BCUT2D eigenvalue weighted by Crippen LogP contribution is 1.71. The second-order valence-corrected chi connectivity index (χ2v) is 1.86. The lowest BCUT2D eigenvalue weighted by molar-refractivity contribution is -0.118. The van der Waals surface area contributed by atoms with Crippen molar-refractivity contribution in [1.82, 2.24) is 5.32 Å². The monoisotopic (exact) mass is 205 g/mol. The molecule has 0 heterocycles. The Morgan fingerprint density at radius 2 is 1.14 bits per heavy atom. The quantitative estimate of drug-likeness (QED) is 0.715. The molecule has 0 aromatic rings. The highest BCUT2D eigenvalue weighted by atomic mass is 16.1. The van der Waals surface area contributed by atoms with Crippen LogP contribution in [-0.2, 0) is 9.59 Å². The molecule has 0 aliphatic heterocycles. The molecular weight excluding hydrogens is 178 g/mol. The van der Waals surface area contributed by atoms with Gasteiger partial charge in [0.25, 0.3) is 0 Å². The molecule has 0 fully saturated rings. The number of rotatable bonds is 1. The Kier molecular flexibility index (Phi) is 48.9. The van der Waals surface area contributed by atoms with Crippen LogP contribution in [0.4, 0.5) is 0 Å². The van der Waals surface area contributed by atoms with Gasteiger partial charge < -0.3 is 10.1 Å². The van der Waals surface area contributed by atoms with Crippen LogP contribution in [0.15, 0.2) is 0 Å². The van der Waals surface area contributed by atoms with Gasteiger partial charge in [-0.2, -0.15) is 0 Å². The summed E-state index contributed by atoms with van der Waals surface area (Å²) in [6, 6.07) is 0. The van der Waals surface area contributed by atoms with E-state index >= 15 is 0 Å². The molecule has 0 radical (unpaired) electrons. The van der Waals surface area contributed by atoms with E-state index in [1.165, 1.54) is 6.92 Å². The Labute approximate surface area is 89.3 Å². The average molecular weight is 205 g/mol. The molecule has 3 nitrogen and oxygen atoms in total. The summed E-state index contributed by atoms with van der Waals surface area (Å²) in [4.78, 5) is 19.5.